The lowest BCUT2D eigenvalue weighted by Gasteiger charge is -2.31. The van der Waals surface area contributed by atoms with Gasteiger partial charge in [-0.05, 0) is 56.8 Å². The summed E-state index contributed by atoms with van der Waals surface area (Å²) < 4.78 is 13.5. The van der Waals surface area contributed by atoms with Crippen LogP contribution in [-0.4, -0.2) is 11.6 Å². The lowest BCUT2D eigenvalue weighted by atomic mass is 9.71. The average Bonchev–Trinajstić information content (AvgIpc) is 2.67. The molecule has 0 fully saturated rings. The Morgan fingerprint density at radius 3 is 2.67 bits per heavy atom. The number of nitrogens with zero attached hydrogens (tertiary/aromatic N) is 1. The number of Topliss-reactive ketones (excluding diaryl/α,β-unsaturated/α-hetero) is 2. The Kier molecular flexibility index (Phi) is 8.41. The molecule has 2 rings (SSSR count). The zero-order valence-electron chi connectivity index (χ0n) is 16.6. The van der Waals surface area contributed by atoms with Crippen LogP contribution in [0.25, 0.3) is 0 Å². The fourth-order valence-corrected chi connectivity index (χ4v) is 4.47. The molecule has 0 aromatic heterocycles. The zero-order chi connectivity index (χ0) is 19.8. The van der Waals surface area contributed by atoms with Crippen molar-refractivity contribution in [3.05, 3.63) is 24.1 Å². The minimum atomic E-state index is -0.335. The molecule has 0 radical (unpaired) electrons. The van der Waals surface area contributed by atoms with Gasteiger partial charge in [0.2, 0.25) is 0 Å². The van der Waals surface area contributed by atoms with Crippen LogP contribution in [0.5, 0.6) is 0 Å². The van der Waals surface area contributed by atoms with E-state index in [2.05, 4.69) is 12.1 Å². The molecule has 4 unspecified atom stereocenters. The van der Waals surface area contributed by atoms with Gasteiger partial charge in [0.1, 0.15) is 11.6 Å². The van der Waals surface area contributed by atoms with Crippen LogP contribution in [0.2, 0.25) is 0 Å². The first-order valence-electron chi connectivity index (χ1n) is 10.4. The van der Waals surface area contributed by atoms with Crippen LogP contribution < -0.4 is 0 Å². The van der Waals surface area contributed by atoms with Crippen molar-refractivity contribution >= 4 is 11.6 Å². The molecule has 0 saturated carbocycles. The first kappa shape index (κ1) is 21.5. The average molecular weight is 374 g/mol. The topological polar surface area (TPSA) is 57.9 Å². The van der Waals surface area contributed by atoms with Gasteiger partial charge in [-0.15, -0.1) is 0 Å². The van der Waals surface area contributed by atoms with Crippen LogP contribution in [-0.2, 0) is 9.59 Å². The molecule has 0 amide bonds. The van der Waals surface area contributed by atoms with Gasteiger partial charge in [-0.3, -0.25) is 9.59 Å². The summed E-state index contributed by atoms with van der Waals surface area (Å²) in [5.74, 6) is -0.286. The molecule has 4 atom stereocenters. The maximum absolute atomic E-state index is 13.5. The largest absolute Gasteiger partial charge is 0.299 e. The number of nitriles is 1. The molecule has 0 saturated heterocycles. The van der Waals surface area contributed by atoms with Crippen LogP contribution in [0.3, 0.4) is 0 Å². The second-order valence-electron chi connectivity index (χ2n) is 8.38. The third kappa shape index (κ3) is 6.13. The predicted molar refractivity (Wildman–Crippen MR) is 104 cm³/mol. The Morgan fingerprint density at radius 2 is 2.11 bits per heavy atom. The second-order valence-corrected chi connectivity index (χ2v) is 8.38. The molecule has 2 aliphatic rings. The number of carbonyl (C=O) groups excluding carboxylic acids is 2. The Labute approximate surface area is 162 Å². The third-order valence-corrected chi connectivity index (χ3v) is 6.16. The van der Waals surface area contributed by atoms with Gasteiger partial charge in [0.25, 0.3) is 0 Å². The molecule has 0 aromatic carbocycles. The summed E-state index contributed by atoms with van der Waals surface area (Å²) in [6.45, 7) is 4.00. The summed E-state index contributed by atoms with van der Waals surface area (Å²) in [6.07, 6.45) is 11.2. The molecule has 0 N–H and O–H groups in total. The summed E-state index contributed by atoms with van der Waals surface area (Å²) in [6, 6.07) is 2.13. The second kappa shape index (κ2) is 10.5. The van der Waals surface area contributed by atoms with E-state index in [-0.39, 0.29) is 53.4 Å². The van der Waals surface area contributed by atoms with Crippen molar-refractivity contribution in [1.82, 2.24) is 0 Å². The molecule has 3 nitrogen and oxygen atoms in total. The van der Waals surface area contributed by atoms with Gasteiger partial charge in [0.05, 0.1) is 11.9 Å². The SMILES string of the molecule is CC(C)C(CCC#N)C(=O)CC(C(=O)C1C=CCCC1)C1CC=C(F)CC1. The van der Waals surface area contributed by atoms with Gasteiger partial charge in [-0.2, -0.15) is 5.26 Å². The Bertz CT molecular complexity index is 629. The van der Waals surface area contributed by atoms with E-state index in [1.165, 1.54) is 0 Å². The number of hydrogen-bond donors (Lipinski definition) is 0. The van der Waals surface area contributed by atoms with Crippen molar-refractivity contribution in [1.29, 1.82) is 5.26 Å². The fraction of sp³-hybridized carbons (Fsp3) is 0.696. The van der Waals surface area contributed by atoms with E-state index in [0.29, 0.717) is 32.1 Å². The van der Waals surface area contributed by atoms with Crippen molar-refractivity contribution < 1.29 is 14.0 Å². The molecule has 2 aliphatic carbocycles. The maximum Gasteiger partial charge on any atom is 0.143 e. The minimum absolute atomic E-state index is 0.0417. The molecule has 148 valence electrons. The van der Waals surface area contributed by atoms with E-state index in [9.17, 15) is 14.0 Å². The van der Waals surface area contributed by atoms with Gasteiger partial charge >= 0.3 is 0 Å². The highest BCUT2D eigenvalue weighted by Gasteiger charge is 2.36. The molecule has 0 bridgehead atoms. The van der Waals surface area contributed by atoms with Crippen molar-refractivity contribution in [2.24, 2.45) is 29.6 Å². The van der Waals surface area contributed by atoms with Crippen LogP contribution in [0.4, 0.5) is 4.39 Å². The summed E-state index contributed by atoms with van der Waals surface area (Å²) in [4.78, 5) is 26.3. The predicted octanol–water partition coefficient (Wildman–Crippen LogP) is 5.72. The van der Waals surface area contributed by atoms with E-state index in [4.69, 9.17) is 5.26 Å². The first-order valence-corrected chi connectivity index (χ1v) is 10.4. The van der Waals surface area contributed by atoms with E-state index >= 15 is 0 Å². The molecular weight excluding hydrogens is 341 g/mol. The van der Waals surface area contributed by atoms with Crippen LogP contribution >= 0.6 is 0 Å². The van der Waals surface area contributed by atoms with Gasteiger partial charge in [0, 0.05) is 30.6 Å². The van der Waals surface area contributed by atoms with Gasteiger partial charge in [-0.1, -0.05) is 32.1 Å². The Morgan fingerprint density at radius 1 is 1.33 bits per heavy atom. The molecular formula is C23H32FNO2. The quantitative estimate of drug-likeness (QED) is 0.486. The van der Waals surface area contributed by atoms with Crippen molar-refractivity contribution in [3.63, 3.8) is 0 Å². The summed E-state index contributed by atoms with van der Waals surface area (Å²) in [5.41, 5.74) is 0. The molecule has 0 aliphatic heterocycles. The molecule has 0 heterocycles. The lowest BCUT2D eigenvalue weighted by molar-refractivity contribution is -0.134. The third-order valence-electron chi connectivity index (χ3n) is 6.16. The number of hydrogen-bond acceptors (Lipinski definition) is 3. The van der Waals surface area contributed by atoms with Gasteiger partial charge in [-0.25, -0.2) is 4.39 Å². The Balaban J connectivity index is 2.16. The van der Waals surface area contributed by atoms with E-state index in [0.717, 1.165) is 19.3 Å². The highest BCUT2D eigenvalue weighted by molar-refractivity contribution is 5.91. The zero-order valence-corrected chi connectivity index (χ0v) is 16.6. The van der Waals surface area contributed by atoms with Crippen LogP contribution in [0.15, 0.2) is 24.1 Å². The van der Waals surface area contributed by atoms with E-state index in [1.807, 2.05) is 19.9 Å². The highest BCUT2D eigenvalue weighted by Crippen LogP contribution is 2.36. The lowest BCUT2D eigenvalue weighted by Crippen LogP contribution is -2.34. The molecule has 4 heteroatoms. The van der Waals surface area contributed by atoms with Crippen LogP contribution in [0, 0.1) is 40.9 Å². The van der Waals surface area contributed by atoms with Gasteiger partial charge < -0.3 is 0 Å². The summed E-state index contributed by atoms with van der Waals surface area (Å²) in [7, 11) is 0. The van der Waals surface area contributed by atoms with Crippen molar-refractivity contribution in [2.75, 3.05) is 0 Å². The normalized spacial score (nSPS) is 24.8. The first-order chi connectivity index (χ1) is 12.9. The monoisotopic (exact) mass is 373 g/mol. The maximum atomic E-state index is 13.5. The van der Waals surface area contributed by atoms with E-state index in [1.54, 1.807) is 6.08 Å². The number of allylic oxidation sites excluding steroid dienone is 4. The smallest absolute Gasteiger partial charge is 0.143 e. The van der Waals surface area contributed by atoms with Crippen molar-refractivity contribution in [3.8, 4) is 6.07 Å². The number of ketones is 2. The Hall–Kier alpha value is -1.76. The number of carbonyl (C=O) groups is 2. The minimum Gasteiger partial charge on any atom is -0.299 e. The van der Waals surface area contributed by atoms with E-state index < -0.39 is 0 Å². The molecule has 0 aromatic rings. The standard InChI is InChI=1S/C23H32FNO2/c1-16(2)20(9-6-14-25)22(26)15-21(17-10-12-19(24)13-11-17)23(27)18-7-4-3-5-8-18/h4,7,12,16-18,20-21H,3,5-6,8-11,13,15H2,1-2H3. The summed E-state index contributed by atoms with van der Waals surface area (Å²) in [5, 5.41) is 8.88. The molecule has 27 heavy (non-hydrogen) atoms. The van der Waals surface area contributed by atoms with Crippen LogP contribution in [0.1, 0.15) is 71.6 Å². The molecule has 0 spiro atoms. The fourth-order valence-electron chi connectivity index (χ4n) is 4.47. The summed E-state index contributed by atoms with van der Waals surface area (Å²) >= 11 is 0. The van der Waals surface area contributed by atoms with Gasteiger partial charge in [0.15, 0.2) is 0 Å². The number of halogens is 1. The highest BCUT2D eigenvalue weighted by atomic mass is 19.1. The van der Waals surface area contributed by atoms with Crippen molar-refractivity contribution in [2.45, 2.75) is 71.6 Å². The number of rotatable bonds is 9.